The number of likely N-dealkylation sites (tertiary alicyclic amines) is 1. The van der Waals surface area contributed by atoms with Crippen LogP contribution in [-0.2, 0) is 0 Å². The predicted molar refractivity (Wildman–Crippen MR) is 121 cm³/mol. The van der Waals surface area contributed by atoms with E-state index in [1.54, 1.807) is 53.4 Å². The lowest BCUT2D eigenvalue weighted by molar-refractivity contribution is 0.0716. The molecule has 10 heteroatoms. The van der Waals surface area contributed by atoms with Crippen molar-refractivity contribution < 1.29 is 14.4 Å². The number of aromatic nitrogens is 2. The van der Waals surface area contributed by atoms with E-state index in [4.69, 9.17) is 17.3 Å². The molecule has 32 heavy (non-hydrogen) atoms. The number of amides is 3. The van der Waals surface area contributed by atoms with Crippen LogP contribution in [0.2, 0.25) is 5.02 Å². The van der Waals surface area contributed by atoms with Gasteiger partial charge in [-0.25, -0.2) is 0 Å². The molecule has 0 bridgehead atoms. The Morgan fingerprint density at radius 1 is 0.938 bits per heavy atom. The van der Waals surface area contributed by atoms with E-state index in [1.165, 1.54) is 4.07 Å². The van der Waals surface area contributed by atoms with Crippen molar-refractivity contribution in [2.45, 2.75) is 19.3 Å². The summed E-state index contributed by atoms with van der Waals surface area (Å²) in [6.45, 7) is 1.29. The maximum absolute atomic E-state index is 13.2. The molecule has 3 amide bonds. The molecule has 0 atom stereocenters. The van der Waals surface area contributed by atoms with Crippen molar-refractivity contribution >= 4 is 40.9 Å². The summed E-state index contributed by atoms with van der Waals surface area (Å²) in [6.07, 6.45) is 2.95. The molecule has 8 nitrogen and oxygen atoms in total. The molecular formula is C22H20ClN5O3S. The zero-order chi connectivity index (χ0) is 22.7. The normalized spacial score (nSPS) is 14.4. The highest BCUT2D eigenvalue weighted by Gasteiger charge is 2.24. The lowest BCUT2D eigenvalue weighted by Crippen LogP contribution is -2.38. The quantitative estimate of drug-likeness (QED) is 0.633. The molecule has 2 aromatic carbocycles. The first-order valence-electron chi connectivity index (χ1n) is 10.1. The summed E-state index contributed by atoms with van der Waals surface area (Å²) in [5, 5.41) is 4.96. The van der Waals surface area contributed by atoms with E-state index in [1.807, 2.05) is 0 Å². The van der Waals surface area contributed by atoms with E-state index < -0.39 is 11.8 Å². The second-order valence-corrected chi connectivity index (χ2v) is 8.66. The van der Waals surface area contributed by atoms with Crippen LogP contribution < -0.4 is 10.4 Å². The lowest BCUT2D eigenvalue weighted by Gasteiger charge is -2.25. The minimum absolute atomic E-state index is 0.123. The third-order valence-corrected chi connectivity index (χ3v) is 6.25. The largest absolute Gasteiger partial charge is 0.366 e. The molecule has 1 aliphatic heterocycles. The number of halogens is 1. The van der Waals surface area contributed by atoms with Gasteiger partial charge in [0.25, 0.3) is 11.8 Å². The standard InChI is InChI=1S/C22H20ClN5O3S/c23-16-8-4-15(5-9-16)20(30)25-21-18(22(31)27-12-2-1-3-13-27)26-28(32-21)17-10-6-14(7-11-17)19(24)29/h4-11H,1-3,12-13H2,(H2,24,29). The average Bonchev–Trinajstić information content (AvgIpc) is 3.23. The first-order valence-corrected chi connectivity index (χ1v) is 11.2. The van der Waals surface area contributed by atoms with Crippen LogP contribution in [0.3, 0.4) is 0 Å². The molecule has 2 N–H and O–H groups in total. The van der Waals surface area contributed by atoms with Gasteiger partial charge in [-0.1, -0.05) is 11.6 Å². The molecule has 0 radical (unpaired) electrons. The van der Waals surface area contributed by atoms with Gasteiger partial charge in [0, 0.05) is 29.2 Å². The number of primary amides is 1. The van der Waals surface area contributed by atoms with Crippen molar-refractivity contribution in [3.8, 4) is 5.69 Å². The molecule has 0 saturated carbocycles. The SMILES string of the molecule is NC(=O)c1ccc(-n2nc(C(=O)N3CCCCC3)c(=NC(=O)c3ccc(Cl)cc3)s2)cc1. The number of hydrogen-bond donors (Lipinski definition) is 1. The fourth-order valence-electron chi connectivity index (χ4n) is 3.35. The van der Waals surface area contributed by atoms with Gasteiger partial charge in [-0.3, -0.25) is 14.4 Å². The third-order valence-electron chi connectivity index (χ3n) is 5.08. The number of rotatable bonds is 4. The number of nitrogens with two attached hydrogens (primary N) is 1. The molecule has 0 spiro atoms. The maximum Gasteiger partial charge on any atom is 0.278 e. The molecule has 2 heterocycles. The number of piperidine rings is 1. The van der Waals surface area contributed by atoms with Crippen LogP contribution in [0.15, 0.2) is 53.5 Å². The van der Waals surface area contributed by atoms with Gasteiger partial charge in [0.05, 0.1) is 5.69 Å². The Bertz CT molecular complexity index is 1230. The van der Waals surface area contributed by atoms with E-state index in [2.05, 4.69) is 10.1 Å². The highest BCUT2D eigenvalue weighted by molar-refractivity contribution is 7.04. The van der Waals surface area contributed by atoms with Gasteiger partial charge in [0.2, 0.25) is 5.91 Å². The Labute approximate surface area is 193 Å². The van der Waals surface area contributed by atoms with Crippen molar-refractivity contribution in [1.29, 1.82) is 0 Å². The van der Waals surface area contributed by atoms with Crippen molar-refractivity contribution in [2.75, 3.05) is 13.1 Å². The fraction of sp³-hybridized carbons (Fsp3) is 0.227. The summed E-state index contributed by atoms with van der Waals surface area (Å²) in [4.78, 5) is 43.2. The molecule has 3 aromatic rings. The van der Waals surface area contributed by atoms with Crippen molar-refractivity contribution in [2.24, 2.45) is 10.7 Å². The summed E-state index contributed by atoms with van der Waals surface area (Å²) in [5.74, 6) is -1.28. The van der Waals surface area contributed by atoms with Gasteiger partial charge in [-0.05, 0) is 79.3 Å². The predicted octanol–water partition coefficient (Wildman–Crippen LogP) is 3.05. The minimum Gasteiger partial charge on any atom is -0.366 e. The Hall–Kier alpha value is -3.30. The lowest BCUT2D eigenvalue weighted by atomic mass is 10.1. The summed E-state index contributed by atoms with van der Waals surface area (Å²) in [6, 6.07) is 12.9. The summed E-state index contributed by atoms with van der Waals surface area (Å²) < 4.78 is 1.73. The number of carbonyl (C=O) groups excluding carboxylic acids is 3. The van der Waals surface area contributed by atoms with Crippen LogP contribution in [0, 0.1) is 0 Å². The summed E-state index contributed by atoms with van der Waals surface area (Å²) >= 11 is 6.97. The monoisotopic (exact) mass is 469 g/mol. The second-order valence-electron chi connectivity index (χ2n) is 7.31. The smallest absolute Gasteiger partial charge is 0.278 e. The minimum atomic E-state index is -0.536. The number of benzene rings is 2. The van der Waals surface area contributed by atoms with Gasteiger partial charge in [-0.2, -0.15) is 9.06 Å². The molecule has 0 aliphatic carbocycles. The molecule has 1 aromatic heterocycles. The Morgan fingerprint density at radius 2 is 1.56 bits per heavy atom. The molecule has 0 unspecified atom stereocenters. The van der Waals surface area contributed by atoms with Crippen molar-refractivity contribution in [3.05, 3.63) is 75.0 Å². The molecule has 164 valence electrons. The fourth-order valence-corrected chi connectivity index (χ4v) is 4.32. The van der Waals surface area contributed by atoms with Crippen LogP contribution >= 0.6 is 23.1 Å². The number of carbonyl (C=O) groups is 3. The average molecular weight is 470 g/mol. The molecule has 1 fully saturated rings. The van der Waals surface area contributed by atoms with Gasteiger partial charge < -0.3 is 10.6 Å². The molecular weight excluding hydrogens is 450 g/mol. The zero-order valence-corrected chi connectivity index (χ0v) is 18.6. The first-order chi connectivity index (χ1) is 15.4. The molecule has 1 aliphatic rings. The Balaban J connectivity index is 1.75. The van der Waals surface area contributed by atoms with Crippen molar-refractivity contribution in [1.82, 2.24) is 14.1 Å². The van der Waals surface area contributed by atoms with Crippen LogP contribution in [-0.4, -0.2) is 44.9 Å². The first kappa shape index (κ1) is 21.9. The molecule has 1 saturated heterocycles. The summed E-state index contributed by atoms with van der Waals surface area (Å²) in [5.41, 5.74) is 6.76. The van der Waals surface area contributed by atoms with Crippen LogP contribution in [0.4, 0.5) is 0 Å². The second kappa shape index (κ2) is 9.46. The van der Waals surface area contributed by atoms with Crippen molar-refractivity contribution in [3.63, 3.8) is 0 Å². The third kappa shape index (κ3) is 4.79. The summed E-state index contributed by atoms with van der Waals surface area (Å²) in [7, 11) is 0. The highest BCUT2D eigenvalue weighted by atomic mass is 35.5. The maximum atomic E-state index is 13.2. The van der Waals surface area contributed by atoms with E-state index >= 15 is 0 Å². The van der Waals surface area contributed by atoms with E-state index in [-0.39, 0.29) is 16.3 Å². The Kier molecular flexibility index (Phi) is 6.48. The Morgan fingerprint density at radius 3 is 2.19 bits per heavy atom. The van der Waals surface area contributed by atoms with Gasteiger partial charge in [0.1, 0.15) is 0 Å². The topological polar surface area (TPSA) is 111 Å². The van der Waals surface area contributed by atoms with E-state index in [9.17, 15) is 14.4 Å². The van der Waals surface area contributed by atoms with Crippen LogP contribution in [0.5, 0.6) is 0 Å². The van der Waals surface area contributed by atoms with Gasteiger partial charge in [-0.15, -0.1) is 5.10 Å². The highest BCUT2D eigenvalue weighted by Crippen LogP contribution is 2.15. The van der Waals surface area contributed by atoms with E-state index in [0.717, 1.165) is 30.8 Å². The molecule has 4 rings (SSSR count). The van der Waals surface area contributed by atoms with Crippen LogP contribution in [0.25, 0.3) is 5.69 Å². The van der Waals surface area contributed by atoms with Crippen LogP contribution in [0.1, 0.15) is 50.5 Å². The zero-order valence-electron chi connectivity index (χ0n) is 17.0. The van der Waals surface area contributed by atoms with Gasteiger partial charge in [0.15, 0.2) is 10.4 Å². The van der Waals surface area contributed by atoms with Gasteiger partial charge >= 0.3 is 0 Å². The number of nitrogens with zero attached hydrogens (tertiary/aromatic N) is 4. The number of hydrogen-bond acceptors (Lipinski definition) is 5. The van der Waals surface area contributed by atoms with E-state index in [0.29, 0.717) is 34.9 Å².